The molecular formula is C15H17Cl2NOS. The minimum absolute atomic E-state index is 0.216. The Kier molecular flexibility index (Phi) is 5.73. The Labute approximate surface area is 133 Å². The van der Waals surface area contributed by atoms with Crippen LogP contribution in [0.15, 0.2) is 30.3 Å². The van der Waals surface area contributed by atoms with E-state index in [2.05, 4.69) is 17.4 Å². The second-order valence-corrected chi connectivity index (χ2v) is 6.79. The van der Waals surface area contributed by atoms with Crippen LogP contribution in [0, 0.1) is 0 Å². The van der Waals surface area contributed by atoms with Gasteiger partial charge in [0, 0.05) is 11.6 Å². The molecule has 0 radical (unpaired) electrons. The molecule has 1 aromatic carbocycles. The molecule has 0 spiro atoms. The Hall–Kier alpha value is -0.740. The van der Waals surface area contributed by atoms with Gasteiger partial charge in [-0.3, -0.25) is 0 Å². The summed E-state index contributed by atoms with van der Waals surface area (Å²) in [4.78, 5) is 0. The van der Waals surface area contributed by atoms with Gasteiger partial charge in [-0.1, -0.05) is 35.3 Å². The van der Waals surface area contributed by atoms with Crippen LogP contribution in [0.5, 0.6) is 5.75 Å². The predicted octanol–water partition coefficient (Wildman–Crippen LogP) is 4.96. The summed E-state index contributed by atoms with van der Waals surface area (Å²) in [5.74, 6) is 0.881. The highest BCUT2D eigenvalue weighted by Crippen LogP contribution is 2.36. The van der Waals surface area contributed by atoms with Gasteiger partial charge >= 0.3 is 0 Å². The molecule has 0 aliphatic carbocycles. The molecule has 1 heterocycles. The third kappa shape index (κ3) is 3.89. The number of thiophene rings is 1. The molecule has 0 fully saturated rings. The summed E-state index contributed by atoms with van der Waals surface area (Å²) in [5.41, 5.74) is 2.36. The zero-order valence-electron chi connectivity index (χ0n) is 11.5. The van der Waals surface area contributed by atoms with Crippen molar-refractivity contribution in [3.8, 4) is 5.75 Å². The van der Waals surface area contributed by atoms with Crippen molar-refractivity contribution < 1.29 is 4.74 Å². The van der Waals surface area contributed by atoms with Gasteiger partial charge in [-0.2, -0.15) is 0 Å². The Balaban J connectivity index is 2.01. The highest BCUT2D eigenvalue weighted by atomic mass is 35.5. The number of hydrogen-bond acceptors (Lipinski definition) is 3. The number of methoxy groups -OCH3 is 1. The van der Waals surface area contributed by atoms with Crippen molar-refractivity contribution in [1.29, 1.82) is 0 Å². The van der Waals surface area contributed by atoms with E-state index >= 15 is 0 Å². The van der Waals surface area contributed by atoms with Crippen LogP contribution in [0.4, 0.5) is 0 Å². The molecule has 0 saturated heterocycles. The fourth-order valence-electron chi connectivity index (χ4n) is 2.15. The molecule has 20 heavy (non-hydrogen) atoms. The molecule has 0 saturated carbocycles. The maximum Gasteiger partial charge on any atom is 0.118 e. The van der Waals surface area contributed by atoms with Crippen molar-refractivity contribution in [3.05, 3.63) is 50.1 Å². The fourth-order valence-corrected chi connectivity index (χ4v) is 3.73. The molecule has 108 valence electrons. The van der Waals surface area contributed by atoms with Crippen molar-refractivity contribution in [2.75, 3.05) is 14.2 Å². The third-order valence-corrected chi connectivity index (χ3v) is 4.81. The van der Waals surface area contributed by atoms with Crippen LogP contribution < -0.4 is 10.1 Å². The van der Waals surface area contributed by atoms with Gasteiger partial charge in [-0.05, 0) is 43.7 Å². The topological polar surface area (TPSA) is 21.3 Å². The van der Waals surface area contributed by atoms with Crippen molar-refractivity contribution in [2.45, 2.75) is 18.9 Å². The number of benzene rings is 1. The van der Waals surface area contributed by atoms with Crippen LogP contribution in [0.25, 0.3) is 0 Å². The molecule has 0 amide bonds. The maximum atomic E-state index is 6.22. The van der Waals surface area contributed by atoms with E-state index in [9.17, 15) is 0 Å². The van der Waals surface area contributed by atoms with E-state index in [1.807, 2.05) is 25.2 Å². The smallest absolute Gasteiger partial charge is 0.118 e. The Morgan fingerprint density at radius 2 is 1.95 bits per heavy atom. The van der Waals surface area contributed by atoms with Crippen LogP contribution in [-0.4, -0.2) is 14.2 Å². The van der Waals surface area contributed by atoms with Crippen LogP contribution in [0.2, 0.25) is 8.67 Å². The lowest BCUT2D eigenvalue weighted by Gasteiger charge is -2.15. The fraction of sp³-hybridized carbons (Fsp3) is 0.333. The summed E-state index contributed by atoms with van der Waals surface area (Å²) in [6.07, 6.45) is 1.94. The lowest BCUT2D eigenvalue weighted by atomic mass is 10.0. The molecule has 5 heteroatoms. The summed E-state index contributed by atoms with van der Waals surface area (Å²) in [7, 11) is 3.62. The number of ether oxygens (including phenoxy) is 1. The number of aryl methyl sites for hydroxylation is 1. The van der Waals surface area contributed by atoms with Gasteiger partial charge < -0.3 is 10.1 Å². The van der Waals surface area contributed by atoms with Crippen LogP contribution >= 0.6 is 34.5 Å². The zero-order valence-corrected chi connectivity index (χ0v) is 13.8. The molecule has 1 N–H and O–H groups in total. The molecule has 0 aliphatic rings. The van der Waals surface area contributed by atoms with E-state index in [0.29, 0.717) is 0 Å². The van der Waals surface area contributed by atoms with Crippen molar-refractivity contribution >= 4 is 34.5 Å². The van der Waals surface area contributed by atoms with E-state index in [1.54, 1.807) is 7.11 Å². The van der Waals surface area contributed by atoms with Crippen LogP contribution in [-0.2, 0) is 6.42 Å². The van der Waals surface area contributed by atoms with Gasteiger partial charge in [-0.15, -0.1) is 11.3 Å². The average Bonchev–Trinajstić information content (AvgIpc) is 2.79. The van der Waals surface area contributed by atoms with Crippen LogP contribution in [0.3, 0.4) is 0 Å². The van der Waals surface area contributed by atoms with Gasteiger partial charge in [-0.25, -0.2) is 0 Å². The first kappa shape index (κ1) is 15.6. The molecular weight excluding hydrogens is 313 g/mol. The Morgan fingerprint density at radius 3 is 2.45 bits per heavy atom. The summed E-state index contributed by atoms with van der Waals surface area (Å²) >= 11 is 13.6. The van der Waals surface area contributed by atoms with Gasteiger partial charge in [0.25, 0.3) is 0 Å². The molecule has 2 rings (SSSR count). The maximum absolute atomic E-state index is 6.22. The SMILES string of the molecule is CNC(CCc1ccc(OC)cc1)c1cc(Cl)sc1Cl. The van der Waals surface area contributed by atoms with Gasteiger partial charge in [0.05, 0.1) is 15.8 Å². The Morgan fingerprint density at radius 1 is 1.25 bits per heavy atom. The van der Waals surface area contributed by atoms with Gasteiger partial charge in [0.15, 0.2) is 0 Å². The molecule has 0 aliphatic heterocycles. The highest BCUT2D eigenvalue weighted by Gasteiger charge is 2.16. The lowest BCUT2D eigenvalue weighted by Crippen LogP contribution is -2.16. The van der Waals surface area contributed by atoms with E-state index in [4.69, 9.17) is 27.9 Å². The number of nitrogens with one attached hydrogen (secondary N) is 1. The second kappa shape index (κ2) is 7.32. The largest absolute Gasteiger partial charge is 0.497 e. The summed E-state index contributed by atoms with van der Waals surface area (Å²) in [6.45, 7) is 0. The van der Waals surface area contributed by atoms with Crippen molar-refractivity contribution in [1.82, 2.24) is 5.32 Å². The van der Waals surface area contributed by atoms with E-state index < -0.39 is 0 Å². The third-order valence-electron chi connectivity index (χ3n) is 3.29. The van der Waals surface area contributed by atoms with Gasteiger partial charge in [0.2, 0.25) is 0 Å². The number of halogens is 2. The second-order valence-electron chi connectivity index (χ2n) is 4.51. The first-order valence-electron chi connectivity index (χ1n) is 6.39. The summed E-state index contributed by atoms with van der Waals surface area (Å²) in [6, 6.07) is 10.3. The van der Waals surface area contributed by atoms with Gasteiger partial charge in [0.1, 0.15) is 5.75 Å². The average molecular weight is 330 g/mol. The highest BCUT2D eigenvalue weighted by molar-refractivity contribution is 7.20. The minimum atomic E-state index is 0.216. The molecule has 0 bridgehead atoms. The van der Waals surface area contributed by atoms with Crippen molar-refractivity contribution in [2.24, 2.45) is 0 Å². The quantitative estimate of drug-likeness (QED) is 0.808. The standard InChI is InChI=1S/C15H17Cl2NOS/c1-18-13(12-9-14(16)20-15(12)17)8-5-10-3-6-11(19-2)7-4-10/h3-4,6-7,9,13,18H,5,8H2,1-2H3. The number of rotatable bonds is 6. The molecule has 1 atom stereocenters. The number of hydrogen-bond donors (Lipinski definition) is 1. The molecule has 2 aromatic rings. The van der Waals surface area contributed by atoms with Crippen molar-refractivity contribution in [3.63, 3.8) is 0 Å². The van der Waals surface area contributed by atoms with Crippen LogP contribution in [0.1, 0.15) is 23.6 Å². The van der Waals surface area contributed by atoms with E-state index in [-0.39, 0.29) is 6.04 Å². The summed E-state index contributed by atoms with van der Waals surface area (Å²) in [5, 5.41) is 3.30. The molecule has 1 unspecified atom stereocenters. The molecule has 1 aromatic heterocycles. The minimum Gasteiger partial charge on any atom is -0.497 e. The lowest BCUT2D eigenvalue weighted by molar-refractivity contribution is 0.414. The predicted molar refractivity (Wildman–Crippen MR) is 87.5 cm³/mol. The van der Waals surface area contributed by atoms with E-state index in [1.165, 1.54) is 16.9 Å². The summed E-state index contributed by atoms with van der Waals surface area (Å²) < 4.78 is 6.66. The first-order chi connectivity index (χ1) is 9.63. The molecule has 2 nitrogen and oxygen atoms in total. The van der Waals surface area contributed by atoms with E-state index in [0.717, 1.165) is 32.8 Å². The monoisotopic (exact) mass is 329 g/mol. The Bertz CT molecular complexity index is 554. The normalized spacial score (nSPS) is 12.4. The first-order valence-corrected chi connectivity index (χ1v) is 7.96. The zero-order chi connectivity index (χ0) is 14.5.